The van der Waals surface area contributed by atoms with Crippen molar-refractivity contribution in [3.8, 4) is 0 Å². The van der Waals surface area contributed by atoms with Crippen molar-refractivity contribution in [2.45, 2.75) is 18.4 Å². The number of rotatable bonds is 6. The Hall–Kier alpha value is -3.23. The van der Waals surface area contributed by atoms with Crippen LogP contribution in [0.25, 0.3) is 0 Å². The zero-order chi connectivity index (χ0) is 22.6. The van der Waals surface area contributed by atoms with E-state index in [4.69, 9.17) is 0 Å². The van der Waals surface area contributed by atoms with Crippen molar-refractivity contribution in [3.05, 3.63) is 89.7 Å². The van der Waals surface area contributed by atoms with Crippen LogP contribution in [-0.2, 0) is 16.6 Å². The molecule has 8 heteroatoms. The number of nitrogens with one attached hydrogen (secondary N) is 1. The molecule has 0 unspecified atom stereocenters. The number of pyridine rings is 1. The molecule has 2 aromatic carbocycles. The summed E-state index contributed by atoms with van der Waals surface area (Å²) in [5, 5.41) is 0. The first-order chi connectivity index (χ1) is 15.4. The highest BCUT2D eigenvalue weighted by atomic mass is 32.2. The molecule has 1 N–H and O–H groups in total. The van der Waals surface area contributed by atoms with E-state index in [-0.39, 0.29) is 10.8 Å². The van der Waals surface area contributed by atoms with Crippen LogP contribution in [-0.4, -0.2) is 55.3 Å². The number of amides is 1. The molecular formula is C24H26N4O3S. The number of piperazine rings is 1. The molecule has 1 saturated heterocycles. The van der Waals surface area contributed by atoms with Gasteiger partial charge in [0.05, 0.1) is 4.90 Å². The third kappa shape index (κ3) is 5.33. The summed E-state index contributed by atoms with van der Waals surface area (Å²) in [7, 11) is -3.79. The van der Waals surface area contributed by atoms with E-state index < -0.39 is 10.0 Å². The van der Waals surface area contributed by atoms with Gasteiger partial charge in [0.2, 0.25) is 0 Å². The molecule has 0 aliphatic carbocycles. The topological polar surface area (TPSA) is 82.6 Å². The van der Waals surface area contributed by atoms with Gasteiger partial charge in [0, 0.05) is 56.4 Å². The number of hydrogen-bond acceptors (Lipinski definition) is 5. The van der Waals surface area contributed by atoms with Gasteiger partial charge in [0.1, 0.15) is 0 Å². The Bertz CT molecular complexity index is 1170. The van der Waals surface area contributed by atoms with Gasteiger partial charge < -0.3 is 4.90 Å². The maximum absolute atomic E-state index is 13.0. The SMILES string of the molecule is Cc1ccc(NS(=O)(=O)c2cccc(C(=O)N3CCN(Cc4cccnc4)CC3)c2)cc1. The average Bonchev–Trinajstić information content (AvgIpc) is 2.81. The zero-order valence-electron chi connectivity index (χ0n) is 17.9. The molecule has 0 bridgehead atoms. The Morgan fingerprint density at radius 1 is 1.00 bits per heavy atom. The van der Waals surface area contributed by atoms with Gasteiger partial charge >= 0.3 is 0 Å². The molecule has 2 heterocycles. The first kappa shape index (κ1) is 22.0. The Kier molecular flexibility index (Phi) is 6.53. The molecule has 1 fully saturated rings. The maximum atomic E-state index is 13.0. The van der Waals surface area contributed by atoms with E-state index in [2.05, 4.69) is 14.6 Å². The lowest BCUT2D eigenvalue weighted by molar-refractivity contribution is 0.0628. The fraction of sp³-hybridized carbons (Fsp3) is 0.250. The molecule has 1 aliphatic rings. The van der Waals surface area contributed by atoms with E-state index in [9.17, 15) is 13.2 Å². The molecule has 3 aromatic rings. The quantitative estimate of drug-likeness (QED) is 0.624. The number of benzene rings is 2. The summed E-state index contributed by atoms with van der Waals surface area (Å²) >= 11 is 0. The normalized spacial score (nSPS) is 14.8. The molecule has 1 amide bonds. The predicted octanol–water partition coefficient (Wildman–Crippen LogP) is 3.15. The minimum absolute atomic E-state index is 0.0686. The highest BCUT2D eigenvalue weighted by Crippen LogP contribution is 2.19. The Morgan fingerprint density at radius 2 is 1.75 bits per heavy atom. The summed E-state index contributed by atoms with van der Waals surface area (Å²) < 4.78 is 28.2. The minimum Gasteiger partial charge on any atom is -0.336 e. The van der Waals surface area contributed by atoms with Gasteiger partial charge in [-0.05, 0) is 48.9 Å². The van der Waals surface area contributed by atoms with E-state index >= 15 is 0 Å². The van der Waals surface area contributed by atoms with Crippen LogP contribution in [0, 0.1) is 6.92 Å². The van der Waals surface area contributed by atoms with Crippen LogP contribution < -0.4 is 4.72 Å². The summed E-state index contributed by atoms with van der Waals surface area (Å²) in [6, 6.07) is 17.3. The molecule has 166 valence electrons. The van der Waals surface area contributed by atoms with Crippen molar-refractivity contribution in [2.24, 2.45) is 0 Å². The summed E-state index contributed by atoms with van der Waals surface area (Å²) in [6.45, 7) is 5.44. The highest BCUT2D eigenvalue weighted by Gasteiger charge is 2.24. The van der Waals surface area contributed by atoms with E-state index in [0.29, 0.717) is 24.3 Å². The van der Waals surface area contributed by atoms with E-state index in [1.807, 2.05) is 37.4 Å². The molecular weight excluding hydrogens is 424 g/mol. The van der Waals surface area contributed by atoms with E-state index in [1.165, 1.54) is 12.1 Å². The summed E-state index contributed by atoms with van der Waals surface area (Å²) in [4.78, 5) is 21.3. The highest BCUT2D eigenvalue weighted by molar-refractivity contribution is 7.92. The van der Waals surface area contributed by atoms with Gasteiger partial charge in [-0.25, -0.2) is 8.42 Å². The van der Waals surface area contributed by atoms with Gasteiger partial charge in [0.25, 0.3) is 15.9 Å². The third-order valence-electron chi connectivity index (χ3n) is 5.48. The molecule has 7 nitrogen and oxygen atoms in total. The first-order valence-corrected chi connectivity index (χ1v) is 12.0. The fourth-order valence-electron chi connectivity index (χ4n) is 3.67. The maximum Gasteiger partial charge on any atom is 0.261 e. The molecule has 1 aromatic heterocycles. The van der Waals surface area contributed by atoms with Crippen LogP contribution in [0.3, 0.4) is 0 Å². The number of carbonyl (C=O) groups excluding carboxylic acids is 1. The number of sulfonamides is 1. The van der Waals surface area contributed by atoms with Crippen LogP contribution in [0.1, 0.15) is 21.5 Å². The first-order valence-electron chi connectivity index (χ1n) is 10.5. The third-order valence-corrected chi connectivity index (χ3v) is 6.86. The lowest BCUT2D eigenvalue weighted by Gasteiger charge is -2.34. The number of carbonyl (C=O) groups is 1. The van der Waals surface area contributed by atoms with Gasteiger partial charge in [0.15, 0.2) is 0 Å². The van der Waals surface area contributed by atoms with Crippen LogP contribution in [0.4, 0.5) is 5.69 Å². The van der Waals surface area contributed by atoms with Crippen LogP contribution >= 0.6 is 0 Å². The number of aromatic nitrogens is 1. The molecule has 0 saturated carbocycles. The molecule has 0 atom stereocenters. The molecule has 0 radical (unpaired) electrons. The van der Waals surface area contributed by atoms with Crippen molar-refractivity contribution >= 4 is 21.6 Å². The van der Waals surface area contributed by atoms with Crippen molar-refractivity contribution in [2.75, 3.05) is 30.9 Å². The van der Waals surface area contributed by atoms with Crippen molar-refractivity contribution < 1.29 is 13.2 Å². The lowest BCUT2D eigenvalue weighted by Crippen LogP contribution is -2.48. The Morgan fingerprint density at radius 3 is 2.44 bits per heavy atom. The van der Waals surface area contributed by atoms with Gasteiger partial charge in [-0.15, -0.1) is 0 Å². The largest absolute Gasteiger partial charge is 0.336 e. The van der Waals surface area contributed by atoms with Crippen molar-refractivity contribution in [3.63, 3.8) is 0 Å². The number of aryl methyl sites for hydroxylation is 1. The average molecular weight is 451 g/mol. The summed E-state index contributed by atoms with van der Waals surface area (Å²) in [5.74, 6) is -0.154. The van der Waals surface area contributed by atoms with Gasteiger partial charge in [-0.1, -0.05) is 29.8 Å². The summed E-state index contributed by atoms with van der Waals surface area (Å²) in [6.07, 6.45) is 3.61. The van der Waals surface area contributed by atoms with E-state index in [0.717, 1.165) is 30.8 Å². The monoisotopic (exact) mass is 450 g/mol. The fourth-order valence-corrected chi connectivity index (χ4v) is 4.78. The number of nitrogens with zero attached hydrogens (tertiary/aromatic N) is 3. The smallest absolute Gasteiger partial charge is 0.261 e. The van der Waals surface area contributed by atoms with Crippen LogP contribution in [0.5, 0.6) is 0 Å². The van der Waals surface area contributed by atoms with Gasteiger partial charge in [-0.3, -0.25) is 19.4 Å². The summed E-state index contributed by atoms with van der Waals surface area (Å²) in [5.41, 5.74) is 3.04. The predicted molar refractivity (Wildman–Crippen MR) is 124 cm³/mol. The molecule has 4 rings (SSSR count). The van der Waals surface area contributed by atoms with Crippen molar-refractivity contribution in [1.82, 2.24) is 14.8 Å². The molecule has 0 spiro atoms. The molecule has 32 heavy (non-hydrogen) atoms. The van der Waals surface area contributed by atoms with Crippen LogP contribution in [0.2, 0.25) is 0 Å². The van der Waals surface area contributed by atoms with Gasteiger partial charge in [-0.2, -0.15) is 0 Å². The zero-order valence-corrected chi connectivity index (χ0v) is 18.8. The second kappa shape index (κ2) is 9.50. The lowest BCUT2D eigenvalue weighted by atomic mass is 10.1. The second-order valence-electron chi connectivity index (χ2n) is 7.93. The second-order valence-corrected chi connectivity index (χ2v) is 9.61. The number of hydrogen-bond donors (Lipinski definition) is 1. The Labute approximate surface area is 188 Å². The minimum atomic E-state index is -3.79. The standard InChI is InChI=1S/C24H26N4O3S/c1-19-7-9-22(10-8-19)26-32(30,31)23-6-2-5-21(16-23)24(29)28-14-12-27(13-15-28)18-20-4-3-11-25-17-20/h2-11,16-17,26H,12-15,18H2,1H3. The van der Waals surface area contributed by atoms with E-state index in [1.54, 1.807) is 35.4 Å². The van der Waals surface area contributed by atoms with Crippen molar-refractivity contribution in [1.29, 1.82) is 0 Å². The Balaban J connectivity index is 1.40. The van der Waals surface area contributed by atoms with Crippen LogP contribution in [0.15, 0.2) is 78.0 Å². The molecule has 1 aliphatic heterocycles. The number of anilines is 1.